The lowest BCUT2D eigenvalue weighted by Gasteiger charge is -2.28. The van der Waals surface area contributed by atoms with Gasteiger partial charge in [-0.2, -0.15) is 0 Å². The number of ether oxygens (including phenoxy) is 1. The molecule has 1 aliphatic rings. The molecule has 2 aromatic heterocycles. The average Bonchev–Trinajstić information content (AvgIpc) is 2.92. The van der Waals surface area contributed by atoms with Crippen LogP contribution in [-0.2, 0) is 0 Å². The molecule has 2 unspecified atom stereocenters. The molecule has 0 spiro atoms. The SMILES string of the molecule is COc1ccc2[nH]cc(C(=O)NC3CCCCC3O)c2n1. The molecule has 1 aliphatic carbocycles. The topological polar surface area (TPSA) is 87.2 Å². The molecule has 2 atom stereocenters. The Morgan fingerprint density at radius 1 is 1.43 bits per heavy atom. The normalized spacial score (nSPS) is 22.2. The van der Waals surface area contributed by atoms with Gasteiger partial charge < -0.3 is 20.1 Å². The predicted molar refractivity (Wildman–Crippen MR) is 78.4 cm³/mol. The van der Waals surface area contributed by atoms with Crippen molar-refractivity contribution in [1.82, 2.24) is 15.3 Å². The van der Waals surface area contributed by atoms with Crippen LogP contribution in [0.2, 0.25) is 0 Å². The number of nitrogens with one attached hydrogen (secondary N) is 2. The van der Waals surface area contributed by atoms with Gasteiger partial charge in [-0.15, -0.1) is 0 Å². The van der Waals surface area contributed by atoms with Crippen LogP contribution in [0.15, 0.2) is 18.3 Å². The Labute approximate surface area is 122 Å². The number of hydrogen-bond donors (Lipinski definition) is 3. The highest BCUT2D eigenvalue weighted by atomic mass is 16.5. The fourth-order valence-electron chi connectivity index (χ4n) is 2.79. The minimum Gasteiger partial charge on any atom is -0.481 e. The number of carbonyl (C=O) groups excluding carboxylic acids is 1. The smallest absolute Gasteiger partial charge is 0.255 e. The average molecular weight is 289 g/mol. The fourth-order valence-corrected chi connectivity index (χ4v) is 2.79. The number of nitrogens with zero attached hydrogens (tertiary/aromatic N) is 1. The van der Waals surface area contributed by atoms with Crippen molar-refractivity contribution in [3.63, 3.8) is 0 Å². The summed E-state index contributed by atoms with van der Waals surface area (Å²) in [6.07, 6.45) is 4.77. The minimum atomic E-state index is -0.463. The lowest BCUT2D eigenvalue weighted by molar-refractivity contribution is 0.0718. The van der Waals surface area contributed by atoms with Gasteiger partial charge in [0, 0.05) is 12.3 Å². The lowest BCUT2D eigenvalue weighted by atomic mass is 9.92. The maximum absolute atomic E-state index is 12.4. The summed E-state index contributed by atoms with van der Waals surface area (Å²) < 4.78 is 5.10. The molecule has 0 aliphatic heterocycles. The van der Waals surface area contributed by atoms with Gasteiger partial charge in [0.15, 0.2) is 0 Å². The zero-order valence-corrected chi connectivity index (χ0v) is 11.9. The van der Waals surface area contributed by atoms with Crippen molar-refractivity contribution >= 4 is 16.9 Å². The number of H-pyrrole nitrogens is 1. The fraction of sp³-hybridized carbons (Fsp3) is 0.467. The molecule has 0 aromatic carbocycles. The lowest BCUT2D eigenvalue weighted by Crippen LogP contribution is -2.45. The van der Waals surface area contributed by atoms with Gasteiger partial charge in [0.25, 0.3) is 5.91 Å². The van der Waals surface area contributed by atoms with E-state index in [1.165, 1.54) is 0 Å². The van der Waals surface area contributed by atoms with E-state index in [1.807, 2.05) is 6.07 Å². The first-order valence-electron chi connectivity index (χ1n) is 7.20. The van der Waals surface area contributed by atoms with Gasteiger partial charge in [0.05, 0.1) is 30.3 Å². The second-order valence-electron chi connectivity index (χ2n) is 5.38. The van der Waals surface area contributed by atoms with Gasteiger partial charge in [-0.05, 0) is 18.9 Å². The zero-order chi connectivity index (χ0) is 14.8. The minimum absolute atomic E-state index is 0.179. The summed E-state index contributed by atoms with van der Waals surface area (Å²) in [5, 5.41) is 12.9. The van der Waals surface area contributed by atoms with Crippen LogP contribution in [0.4, 0.5) is 0 Å². The van der Waals surface area contributed by atoms with Crippen molar-refractivity contribution in [2.24, 2.45) is 0 Å². The van der Waals surface area contributed by atoms with Crippen molar-refractivity contribution in [3.05, 3.63) is 23.9 Å². The molecule has 3 N–H and O–H groups in total. The van der Waals surface area contributed by atoms with Crippen LogP contribution < -0.4 is 10.1 Å². The Kier molecular flexibility index (Phi) is 3.79. The number of aliphatic hydroxyl groups excluding tert-OH is 1. The van der Waals surface area contributed by atoms with Crippen LogP contribution >= 0.6 is 0 Å². The standard InChI is InChI=1S/C15H19N3O3/c1-21-13-7-6-11-14(18-13)9(8-16-11)15(20)17-10-4-2-3-5-12(10)19/h6-8,10,12,16,19H,2-5H2,1H3,(H,17,20). The van der Waals surface area contributed by atoms with Crippen molar-refractivity contribution in [2.45, 2.75) is 37.8 Å². The molecule has 21 heavy (non-hydrogen) atoms. The summed E-state index contributed by atoms with van der Waals surface area (Å²) in [7, 11) is 1.54. The van der Waals surface area contributed by atoms with Crippen LogP contribution in [0.25, 0.3) is 11.0 Å². The van der Waals surface area contributed by atoms with E-state index in [0.29, 0.717) is 17.0 Å². The van der Waals surface area contributed by atoms with Crippen LogP contribution in [0.1, 0.15) is 36.0 Å². The molecule has 1 fully saturated rings. The number of fused-ring (bicyclic) bond motifs is 1. The number of pyridine rings is 1. The summed E-state index contributed by atoms with van der Waals surface area (Å²) in [6, 6.07) is 3.39. The number of rotatable bonds is 3. The third kappa shape index (κ3) is 2.71. The van der Waals surface area contributed by atoms with Gasteiger partial charge in [0.2, 0.25) is 5.88 Å². The molecule has 0 radical (unpaired) electrons. The number of aromatic amines is 1. The van der Waals surface area contributed by atoms with Crippen molar-refractivity contribution in [3.8, 4) is 5.88 Å². The molecule has 112 valence electrons. The highest BCUT2D eigenvalue weighted by Gasteiger charge is 2.26. The Morgan fingerprint density at radius 2 is 2.24 bits per heavy atom. The van der Waals surface area contributed by atoms with E-state index in [9.17, 15) is 9.90 Å². The van der Waals surface area contributed by atoms with Crippen LogP contribution in [-0.4, -0.2) is 40.2 Å². The van der Waals surface area contributed by atoms with Crippen molar-refractivity contribution in [1.29, 1.82) is 0 Å². The third-order valence-corrected chi connectivity index (χ3v) is 4.00. The molecule has 0 saturated heterocycles. The van der Waals surface area contributed by atoms with E-state index < -0.39 is 6.10 Å². The number of carbonyl (C=O) groups is 1. The van der Waals surface area contributed by atoms with Crippen LogP contribution in [0, 0.1) is 0 Å². The Hall–Kier alpha value is -2.08. The molecular formula is C15H19N3O3. The molecule has 2 aromatic rings. The molecule has 2 heterocycles. The Bertz CT molecular complexity index is 653. The summed E-state index contributed by atoms with van der Waals surface area (Å²) in [4.78, 5) is 19.7. The van der Waals surface area contributed by atoms with Crippen molar-refractivity contribution in [2.75, 3.05) is 7.11 Å². The molecule has 6 nitrogen and oxygen atoms in total. The summed E-state index contributed by atoms with van der Waals surface area (Å²) in [5.74, 6) is 0.252. The van der Waals surface area contributed by atoms with Crippen molar-refractivity contribution < 1.29 is 14.6 Å². The maximum atomic E-state index is 12.4. The molecule has 1 amide bonds. The van der Waals surface area contributed by atoms with E-state index in [4.69, 9.17) is 4.74 Å². The summed E-state index contributed by atoms with van der Waals surface area (Å²) in [5.41, 5.74) is 1.84. The Morgan fingerprint density at radius 3 is 3.00 bits per heavy atom. The van der Waals surface area contributed by atoms with E-state index in [0.717, 1.165) is 31.2 Å². The quantitative estimate of drug-likeness (QED) is 0.801. The van der Waals surface area contributed by atoms with Gasteiger partial charge >= 0.3 is 0 Å². The summed E-state index contributed by atoms with van der Waals surface area (Å²) >= 11 is 0. The Balaban J connectivity index is 1.84. The molecular weight excluding hydrogens is 270 g/mol. The number of aliphatic hydroxyl groups is 1. The molecule has 3 rings (SSSR count). The van der Waals surface area contributed by atoms with Gasteiger partial charge in [0.1, 0.15) is 5.52 Å². The van der Waals surface area contributed by atoms with E-state index in [1.54, 1.807) is 19.4 Å². The number of amides is 1. The monoisotopic (exact) mass is 289 g/mol. The number of methoxy groups -OCH3 is 1. The van der Waals surface area contributed by atoms with Gasteiger partial charge in [-0.3, -0.25) is 4.79 Å². The largest absolute Gasteiger partial charge is 0.481 e. The van der Waals surface area contributed by atoms with E-state index in [2.05, 4.69) is 15.3 Å². The second-order valence-corrected chi connectivity index (χ2v) is 5.38. The van der Waals surface area contributed by atoms with Crippen LogP contribution in [0.5, 0.6) is 5.88 Å². The van der Waals surface area contributed by atoms with E-state index >= 15 is 0 Å². The van der Waals surface area contributed by atoms with E-state index in [-0.39, 0.29) is 11.9 Å². The molecule has 1 saturated carbocycles. The molecule has 0 bridgehead atoms. The first-order valence-corrected chi connectivity index (χ1v) is 7.20. The predicted octanol–water partition coefficient (Wildman–Crippen LogP) is 1.60. The zero-order valence-electron chi connectivity index (χ0n) is 11.9. The first-order chi connectivity index (χ1) is 10.2. The number of aromatic nitrogens is 2. The maximum Gasteiger partial charge on any atom is 0.255 e. The molecule has 6 heteroatoms. The van der Waals surface area contributed by atoms with Gasteiger partial charge in [-0.25, -0.2) is 4.98 Å². The van der Waals surface area contributed by atoms with Gasteiger partial charge in [-0.1, -0.05) is 12.8 Å². The number of hydrogen-bond acceptors (Lipinski definition) is 4. The first kappa shape index (κ1) is 13.9. The summed E-state index contributed by atoms with van der Waals surface area (Å²) in [6.45, 7) is 0. The highest BCUT2D eigenvalue weighted by molar-refractivity contribution is 6.05. The third-order valence-electron chi connectivity index (χ3n) is 4.00. The highest BCUT2D eigenvalue weighted by Crippen LogP contribution is 2.22. The van der Waals surface area contributed by atoms with Crippen LogP contribution in [0.3, 0.4) is 0 Å². The second kappa shape index (κ2) is 5.73.